The molecule has 3 rings (SSSR count). The van der Waals surface area contributed by atoms with E-state index in [1.807, 2.05) is 0 Å². The molecule has 0 fully saturated rings. The lowest BCUT2D eigenvalue weighted by atomic mass is 10.1. The van der Waals surface area contributed by atoms with Gasteiger partial charge < -0.3 is 30.0 Å². The number of ketones is 1. The highest BCUT2D eigenvalue weighted by Gasteiger charge is 2.25. The van der Waals surface area contributed by atoms with Crippen molar-refractivity contribution in [2.24, 2.45) is 0 Å². The minimum absolute atomic E-state index is 0.109. The fourth-order valence-electron chi connectivity index (χ4n) is 2.93. The summed E-state index contributed by atoms with van der Waals surface area (Å²) in [7, 11) is 6.09. The van der Waals surface area contributed by atoms with Crippen molar-refractivity contribution in [1.82, 2.24) is 0 Å². The molecule has 1 aromatic heterocycles. The Morgan fingerprint density at radius 1 is 0.968 bits per heavy atom. The lowest BCUT2D eigenvalue weighted by Gasteiger charge is -2.11. The summed E-state index contributed by atoms with van der Waals surface area (Å²) in [5.41, 5.74) is 7.39. The Hall–Kier alpha value is -3.90. The van der Waals surface area contributed by atoms with Gasteiger partial charge in [-0.15, -0.1) is 11.3 Å². The Morgan fingerprint density at radius 2 is 1.58 bits per heavy atom. The molecule has 8 nitrogen and oxygen atoms in total. The first-order valence-corrected chi connectivity index (χ1v) is 9.84. The first kappa shape index (κ1) is 21.8. The van der Waals surface area contributed by atoms with Gasteiger partial charge in [-0.05, 0) is 24.3 Å². The van der Waals surface area contributed by atoms with Crippen LogP contribution in [0.5, 0.6) is 23.0 Å². The van der Waals surface area contributed by atoms with Crippen LogP contribution in [0.25, 0.3) is 4.85 Å². The van der Waals surface area contributed by atoms with Crippen LogP contribution in [-0.2, 0) is 0 Å². The Morgan fingerprint density at radius 3 is 2.16 bits per heavy atom. The topological polar surface area (TPSA) is 96.4 Å². The zero-order chi connectivity index (χ0) is 22.5. The van der Waals surface area contributed by atoms with E-state index in [1.165, 1.54) is 21.3 Å². The van der Waals surface area contributed by atoms with Crippen molar-refractivity contribution in [1.29, 1.82) is 0 Å². The maximum absolute atomic E-state index is 13.2. The molecule has 0 amide bonds. The molecule has 0 aliphatic carbocycles. The van der Waals surface area contributed by atoms with Gasteiger partial charge in [0.1, 0.15) is 28.0 Å². The summed E-state index contributed by atoms with van der Waals surface area (Å²) < 4.78 is 21.1. The van der Waals surface area contributed by atoms with Crippen LogP contribution in [0.15, 0.2) is 36.4 Å². The molecule has 0 unspecified atom stereocenters. The average Bonchev–Trinajstić information content (AvgIpc) is 3.12. The van der Waals surface area contributed by atoms with Gasteiger partial charge in [0.25, 0.3) is 0 Å². The number of thiophene rings is 1. The van der Waals surface area contributed by atoms with E-state index in [4.69, 9.17) is 31.3 Å². The molecule has 0 saturated heterocycles. The van der Waals surface area contributed by atoms with Crippen molar-refractivity contribution in [3.8, 4) is 23.0 Å². The number of rotatable bonds is 8. The second kappa shape index (κ2) is 9.28. The fraction of sp³-hybridized carbons (Fsp3) is 0.182. The molecule has 0 saturated carbocycles. The molecule has 1 heterocycles. The predicted octanol–water partition coefficient (Wildman–Crippen LogP) is 4.89. The highest BCUT2D eigenvalue weighted by molar-refractivity contribution is 7.19. The molecule has 0 bridgehead atoms. The standard InChI is InChI=1S/C22H21N3O5S/c1-24-19-18(23)21(20(26)14-8-6-12(27-2)10-16(14)29-4)31-22(19)25-15-9-7-13(28-3)11-17(15)30-5/h6-11,25H,23H2,2-5H3. The maximum Gasteiger partial charge on any atom is 0.243 e. The van der Waals surface area contributed by atoms with E-state index in [1.54, 1.807) is 43.5 Å². The maximum atomic E-state index is 13.2. The molecule has 2 aromatic carbocycles. The highest BCUT2D eigenvalue weighted by Crippen LogP contribution is 2.46. The van der Waals surface area contributed by atoms with E-state index in [-0.39, 0.29) is 22.0 Å². The molecule has 0 aliphatic rings. The molecule has 3 aromatic rings. The summed E-state index contributed by atoms with van der Waals surface area (Å²) in [5, 5.41) is 3.59. The van der Waals surface area contributed by atoms with Crippen LogP contribution < -0.4 is 30.0 Å². The largest absolute Gasteiger partial charge is 0.497 e. The van der Waals surface area contributed by atoms with Crippen LogP contribution in [0.3, 0.4) is 0 Å². The quantitative estimate of drug-likeness (QED) is 0.381. The van der Waals surface area contributed by atoms with Crippen molar-refractivity contribution >= 4 is 39.2 Å². The van der Waals surface area contributed by atoms with Gasteiger partial charge in [-0.3, -0.25) is 4.79 Å². The summed E-state index contributed by atoms with van der Waals surface area (Å²) in [6, 6.07) is 10.1. The summed E-state index contributed by atoms with van der Waals surface area (Å²) in [4.78, 5) is 17.0. The number of ether oxygens (including phenoxy) is 4. The molecule has 0 spiro atoms. The van der Waals surface area contributed by atoms with E-state index in [2.05, 4.69) is 10.2 Å². The second-order valence-corrected chi connectivity index (χ2v) is 7.24. The van der Waals surface area contributed by atoms with Crippen molar-refractivity contribution in [2.75, 3.05) is 39.5 Å². The average molecular weight is 439 g/mol. The molecule has 9 heteroatoms. The summed E-state index contributed by atoms with van der Waals surface area (Å²) in [6.07, 6.45) is 0. The van der Waals surface area contributed by atoms with Crippen molar-refractivity contribution in [2.45, 2.75) is 0 Å². The number of hydrogen-bond acceptors (Lipinski definition) is 8. The van der Waals surface area contributed by atoms with E-state index >= 15 is 0 Å². The summed E-state index contributed by atoms with van der Waals surface area (Å²) in [5.74, 6) is 1.71. The van der Waals surface area contributed by atoms with Crippen molar-refractivity contribution in [3.05, 3.63) is 58.3 Å². The first-order chi connectivity index (χ1) is 15.0. The minimum Gasteiger partial charge on any atom is -0.497 e. The van der Waals surface area contributed by atoms with Gasteiger partial charge in [0, 0.05) is 12.1 Å². The monoisotopic (exact) mass is 439 g/mol. The number of anilines is 3. The van der Waals surface area contributed by atoms with Crippen LogP contribution in [-0.4, -0.2) is 34.2 Å². The Bertz CT molecular complexity index is 1170. The van der Waals surface area contributed by atoms with Crippen LogP contribution in [0.2, 0.25) is 0 Å². The van der Waals surface area contributed by atoms with Crippen LogP contribution in [0, 0.1) is 6.57 Å². The smallest absolute Gasteiger partial charge is 0.243 e. The van der Waals surface area contributed by atoms with Gasteiger partial charge >= 0.3 is 0 Å². The van der Waals surface area contributed by atoms with Crippen LogP contribution in [0.1, 0.15) is 15.2 Å². The number of carbonyl (C=O) groups excluding carboxylic acids is 1. The number of carbonyl (C=O) groups is 1. The van der Waals surface area contributed by atoms with Gasteiger partial charge in [-0.25, -0.2) is 4.85 Å². The van der Waals surface area contributed by atoms with E-state index in [0.29, 0.717) is 39.2 Å². The van der Waals surface area contributed by atoms with E-state index < -0.39 is 0 Å². The van der Waals surface area contributed by atoms with Crippen molar-refractivity contribution < 1.29 is 23.7 Å². The van der Waals surface area contributed by atoms with Crippen molar-refractivity contribution in [3.63, 3.8) is 0 Å². The van der Waals surface area contributed by atoms with Crippen LogP contribution >= 0.6 is 11.3 Å². The number of benzene rings is 2. The van der Waals surface area contributed by atoms with E-state index in [9.17, 15) is 4.79 Å². The molecule has 3 N–H and O–H groups in total. The number of nitrogen functional groups attached to an aromatic ring is 1. The molecule has 0 radical (unpaired) electrons. The fourth-order valence-corrected chi connectivity index (χ4v) is 3.96. The number of methoxy groups -OCH3 is 4. The van der Waals surface area contributed by atoms with Gasteiger partial charge in [0.2, 0.25) is 11.5 Å². The third kappa shape index (κ3) is 4.20. The predicted molar refractivity (Wildman–Crippen MR) is 121 cm³/mol. The van der Waals surface area contributed by atoms with Gasteiger partial charge in [-0.2, -0.15) is 0 Å². The molecule has 0 aliphatic heterocycles. The van der Waals surface area contributed by atoms with Gasteiger partial charge in [-0.1, -0.05) is 0 Å². The second-order valence-electron chi connectivity index (χ2n) is 6.22. The zero-order valence-electron chi connectivity index (χ0n) is 17.4. The Kier molecular flexibility index (Phi) is 6.52. The third-order valence-electron chi connectivity index (χ3n) is 4.55. The first-order valence-electron chi connectivity index (χ1n) is 9.02. The molecule has 0 atom stereocenters. The van der Waals surface area contributed by atoms with Gasteiger partial charge in [0.15, 0.2) is 0 Å². The number of nitrogens with zero attached hydrogens (tertiary/aromatic N) is 1. The summed E-state index contributed by atoms with van der Waals surface area (Å²) in [6.45, 7) is 7.55. The molecular formula is C22H21N3O5S. The summed E-state index contributed by atoms with van der Waals surface area (Å²) >= 11 is 1.09. The van der Waals surface area contributed by atoms with E-state index in [0.717, 1.165) is 11.3 Å². The number of nitrogens with one attached hydrogen (secondary N) is 1. The minimum atomic E-state index is -0.346. The highest BCUT2D eigenvalue weighted by atomic mass is 32.1. The van der Waals surface area contributed by atoms with Gasteiger partial charge in [0.05, 0.1) is 56.8 Å². The van der Waals surface area contributed by atoms with Crippen LogP contribution in [0.4, 0.5) is 22.1 Å². The normalized spacial score (nSPS) is 10.2. The molecule has 31 heavy (non-hydrogen) atoms. The molecular weight excluding hydrogens is 418 g/mol. The lowest BCUT2D eigenvalue weighted by Crippen LogP contribution is -2.04. The zero-order valence-corrected chi connectivity index (χ0v) is 18.3. The third-order valence-corrected chi connectivity index (χ3v) is 5.66. The Labute approximate surface area is 183 Å². The molecule has 160 valence electrons. The number of nitrogens with two attached hydrogens (primary N) is 1. The SMILES string of the molecule is [C-]#[N+]c1c(Nc2ccc(OC)cc2OC)sc(C(=O)c2ccc(OC)cc2OC)c1N. The number of hydrogen-bond donors (Lipinski definition) is 2. The lowest BCUT2D eigenvalue weighted by molar-refractivity contribution is 0.104. The Balaban J connectivity index is 2.03.